The van der Waals surface area contributed by atoms with Crippen molar-refractivity contribution >= 4 is 0 Å². The van der Waals surface area contributed by atoms with E-state index in [2.05, 4.69) is 0 Å². The number of hydrogen-bond acceptors (Lipinski definition) is 3. The highest BCUT2D eigenvalue weighted by Crippen LogP contribution is 2.37. The van der Waals surface area contributed by atoms with Crippen molar-refractivity contribution in [3.63, 3.8) is 0 Å². The van der Waals surface area contributed by atoms with Crippen LogP contribution >= 0.6 is 0 Å². The van der Waals surface area contributed by atoms with E-state index in [4.69, 9.17) is 4.74 Å². The molecule has 3 heteroatoms. The molecule has 2 aliphatic heterocycles. The van der Waals surface area contributed by atoms with E-state index in [1.165, 1.54) is 0 Å². The molecule has 2 aliphatic rings. The molecule has 0 aromatic heterocycles. The van der Waals surface area contributed by atoms with Crippen LogP contribution < -0.4 is 0 Å². The van der Waals surface area contributed by atoms with E-state index in [9.17, 15) is 10.2 Å². The number of fused-ring (bicyclic) bond motifs is 2. The van der Waals surface area contributed by atoms with Gasteiger partial charge in [0.05, 0.1) is 6.10 Å². The van der Waals surface area contributed by atoms with Crippen LogP contribution in [0.25, 0.3) is 0 Å². The van der Waals surface area contributed by atoms with Crippen molar-refractivity contribution in [3.05, 3.63) is 0 Å². The zero-order valence-electron chi connectivity index (χ0n) is 6.49. The zero-order chi connectivity index (χ0) is 7.90. The molecule has 0 saturated carbocycles. The highest BCUT2D eigenvalue weighted by molar-refractivity contribution is 4.88. The van der Waals surface area contributed by atoms with Gasteiger partial charge in [-0.25, -0.2) is 0 Å². The lowest BCUT2D eigenvalue weighted by atomic mass is 9.87. The summed E-state index contributed by atoms with van der Waals surface area (Å²) in [5.41, 5.74) is 0. The molecule has 11 heavy (non-hydrogen) atoms. The van der Waals surface area contributed by atoms with Crippen molar-refractivity contribution in [1.82, 2.24) is 0 Å². The third kappa shape index (κ3) is 1.17. The molecule has 2 bridgehead atoms. The van der Waals surface area contributed by atoms with Gasteiger partial charge >= 0.3 is 0 Å². The zero-order valence-corrected chi connectivity index (χ0v) is 6.49. The van der Waals surface area contributed by atoms with Gasteiger partial charge in [0.25, 0.3) is 0 Å². The van der Waals surface area contributed by atoms with Crippen molar-refractivity contribution in [2.24, 2.45) is 0 Å². The molecule has 3 unspecified atom stereocenters. The van der Waals surface area contributed by atoms with Gasteiger partial charge in [-0.3, -0.25) is 0 Å². The van der Waals surface area contributed by atoms with E-state index in [0.717, 1.165) is 19.3 Å². The minimum atomic E-state index is -1.21. The second kappa shape index (κ2) is 2.44. The average molecular weight is 158 g/mol. The molecule has 0 aliphatic carbocycles. The molecular weight excluding hydrogens is 144 g/mol. The molecule has 2 fully saturated rings. The van der Waals surface area contributed by atoms with E-state index in [-0.39, 0.29) is 6.10 Å². The van der Waals surface area contributed by atoms with E-state index in [0.29, 0.717) is 12.8 Å². The average Bonchev–Trinajstić information content (AvgIpc) is 1.98. The number of ether oxygens (including phenoxy) is 1. The van der Waals surface area contributed by atoms with Gasteiger partial charge in [-0.1, -0.05) is 0 Å². The van der Waals surface area contributed by atoms with Crippen molar-refractivity contribution < 1.29 is 14.9 Å². The molecule has 0 aromatic carbocycles. The number of aliphatic hydroxyl groups excluding tert-OH is 1. The summed E-state index contributed by atoms with van der Waals surface area (Å²) in [6, 6.07) is 0. The normalized spacial score (nSPS) is 50.7. The Morgan fingerprint density at radius 2 is 2.09 bits per heavy atom. The number of hydrogen-bond donors (Lipinski definition) is 2. The smallest absolute Gasteiger partial charge is 0.192 e. The van der Waals surface area contributed by atoms with Gasteiger partial charge in [-0.15, -0.1) is 0 Å². The minimum absolute atomic E-state index is 0.192. The van der Waals surface area contributed by atoms with E-state index in [1.807, 2.05) is 0 Å². The Labute approximate surface area is 66.0 Å². The van der Waals surface area contributed by atoms with Crippen LogP contribution in [0.2, 0.25) is 0 Å². The topological polar surface area (TPSA) is 49.7 Å². The summed E-state index contributed by atoms with van der Waals surface area (Å²) in [4.78, 5) is 0. The molecule has 2 N–H and O–H groups in total. The molecule has 0 spiro atoms. The van der Waals surface area contributed by atoms with Gasteiger partial charge in [0.15, 0.2) is 5.79 Å². The standard InChI is InChI=1S/C8H14O3/c9-7-4-3-6-2-1-5-8(7,10)11-6/h6-7,9-10H,1-5H2. The first-order valence-corrected chi connectivity index (χ1v) is 4.29. The van der Waals surface area contributed by atoms with Crippen LogP contribution in [0.5, 0.6) is 0 Å². The summed E-state index contributed by atoms with van der Waals surface area (Å²) in [6.45, 7) is 0. The third-order valence-corrected chi connectivity index (χ3v) is 2.71. The first-order valence-electron chi connectivity index (χ1n) is 4.29. The summed E-state index contributed by atoms with van der Waals surface area (Å²) < 4.78 is 5.33. The predicted octanol–water partition coefficient (Wildman–Crippen LogP) is 0.399. The van der Waals surface area contributed by atoms with E-state index < -0.39 is 11.9 Å². The summed E-state index contributed by atoms with van der Waals surface area (Å²) in [7, 11) is 0. The molecule has 0 radical (unpaired) electrons. The van der Waals surface area contributed by atoms with Crippen LogP contribution in [0.15, 0.2) is 0 Å². The first kappa shape index (κ1) is 7.53. The largest absolute Gasteiger partial charge is 0.388 e. The Morgan fingerprint density at radius 1 is 1.27 bits per heavy atom. The SMILES string of the molecule is OC1CCC2CCCC1(O)O2. The highest BCUT2D eigenvalue weighted by atomic mass is 16.6. The lowest BCUT2D eigenvalue weighted by Crippen LogP contribution is -2.53. The Kier molecular flexibility index (Phi) is 1.67. The lowest BCUT2D eigenvalue weighted by Gasteiger charge is -2.44. The van der Waals surface area contributed by atoms with Gasteiger partial charge in [0, 0.05) is 6.42 Å². The Bertz CT molecular complexity index is 159. The molecule has 0 amide bonds. The van der Waals surface area contributed by atoms with Crippen molar-refractivity contribution in [1.29, 1.82) is 0 Å². The number of aliphatic hydroxyl groups is 2. The summed E-state index contributed by atoms with van der Waals surface area (Å²) >= 11 is 0. The Morgan fingerprint density at radius 3 is 2.82 bits per heavy atom. The van der Waals surface area contributed by atoms with Crippen LogP contribution in [0.1, 0.15) is 32.1 Å². The molecule has 2 saturated heterocycles. The van der Waals surface area contributed by atoms with E-state index >= 15 is 0 Å². The van der Waals surface area contributed by atoms with Crippen LogP contribution in [0.4, 0.5) is 0 Å². The quantitative estimate of drug-likeness (QED) is 0.536. The van der Waals surface area contributed by atoms with Crippen LogP contribution in [-0.4, -0.2) is 28.2 Å². The molecule has 0 aromatic rings. The van der Waals surface area contributed by atoms with Crippen molar-refractivity contribution in [2.45, 2.75) is 50.1 Å². The highest BCUT2D eigenvalue weighted by Gasteiger charge is 2.45. The Hall–Kier alpha value is -0.120. The summed E-state index contributed by atoms with van der Waals surface area (Å²) in [5, 5.41) is 19.1. The molecule has 2 heterocycles. The maximum atomic E-state index is 9.70. The lowest BCUT2D eigenvalue weighted by molar-refractivity contribution is -0.317. The fourth-order valence-corrected chi connectivity index (χ4v) is 2.01. The molecule has 3 nitrogen and oxygen atoms in total. The Balaban J connectivity index is 2.13. The second-order valence-corrected chi connectivity index (χ2v) is 3.57. The van der Waals surface area contributed by atoms with Crippen molar-refractivity contribution in [3.8, 4) is 0 Å². The fourth-order valence-electron chi connectivity index (χ4n) is 2.01. The van der Waals surface area contributed by atoms with E-state index in [1.54, 1.807) is 0 Å². The van der Waals surface area contributed by atoms with Gasteiger partial charge in [0.2, 0.25) is 0 Å². The van der Waals surface area contributed by atoms with Crippen LogP contribution in [0.3, 0.4) is 0 Å². The number of rotatable bonds is 0. The maximum absolute atomic E-state index is 9.70. The van der Waals surface area contributed by atoms with Gasteiger partial charge in [-0.2, -0.15) is 0 Å². The fraction of sp³-hybridized carbons (Fsp3) is 1.00. The second-order valence-electron chi connectivity index (χ2n) is 3.57. The predicted molar refractivity (Wildman–Crippen MR) is 38.9 cm³/mol. The summed E-state index contributed by atoms with van der Waals surface area (Å²) in [6.07, 6.45) is 3.69. The summed E-state index contributed by atoms with van der Waals surface area (Å²) in [5.74, 6) is -1.21. The van der Waals surface area contributed by atoms with Crippen LogP contribution in [-0.2, 0) is 4.74 Å². The molecule has 3 atom stereocenters. The van der Waals surface area contributed by atoms with Crippen molar-refractivity contribution in [2.75, 3.05) is 0 Å². The molecule has 64 valence electrons. The minimum Gasteiger partial charge on any atom is -0.388 e. The van der Waals surface area contributed by atoms with Gasteiger partial charge in [-0.05, 0) is 25.7 Å². The first-order chi connectivity index (χ1) is 5.21. The van der Waals surface area contributed by atoms with Gasteiger partial charge < -0.3 is 14.9 Å². The maximum Gasteiger partial charge on any atom is 0.192 e. The monoisotopic (exact) mass is 158 g/mol. The van der Waals surface area contributed by atoms with Crippen LogP contribution in [0, 0.1) is 0 Å². The molecule has 2 rings (SSSR count). The van der Waals surface area contributed by atoms with Gasteiger partial charge in [0.1, 0.15) is 6.10 Å². The molecular formula is C8H14O3. The third-order valence-electron chi connectivity index (χ3n) is 2.71.